The summed E-state index contributed by atoms with van der Waals surface area (Å²) in [5, 5.41) is 3.63. The van der Waals surface area contributed by atoms with Crippen molar-refractivity contribution in [2.75, 3.05) is 6.26 Å². The van der Waals surface area contributed by atoms with E-state index >= 15 is 0 Å². The Bertz CT molecular complexity index is 1060. The quantitative estimate of drug-likeness (QED) is 0.425. The Kier molecular flexibility index (Phi) is 5.81. The molecule has 3 aromatic rings. The van der Waals surface area contributed by atoms with Crippen molar-refractivity contribution >= 4 is 53.5 Å². The maximum absolute atomic E-state index is 13.1. The molecule has 2 unspecified atom stereocenters. The molecule has 3 aromatic heterocycles. The molecule has 0 aromatic carbocycles. The Labute approximate surface area is 171 Å². The van der Waals surface area contributed by atoms with Crippen LogP contribution in [-0.4, -0.2) is 25.8 Å². The van der Waals surface area contributed by atoms with Crippen LogP contribution in [0.25, 0.3) is 10.6 Å². The van der Waals surface area contributed by atoms with Crippen LogP contribution in [0.1, 0.15) is 28.4 Å². The molecule has 27 heavy (non-hydrogen) atoms. The molecule has 0 bridgehead atoms. The molecular formula is C17H14BrF3N2OS3. The molecule has 144 valence electrons. The van der Waals surface area contributed by atoms with E-state index in [4.69, 9.17) is 0 Å². The lowest BCUT2D eigenvalue weighted by Crippen LogP contribution is -2.13. The fourth-order valence-electron chi connectivity index (χ4n) is 2.29. The summed E-state index contributed by atoms with van der Waals surface area (Å²) in [6, 6.07) is 6.13. The number of hydrogen-bond acceptors (Lipinski definition) is 5. The first kappa shape index (κ1) is 20.5. The van der Waals surface area contributed by atoms with Crippen molar-refractivity contribution in [3.05, 3.63) is 55.9 Å². The summed E-state index contributed by atoms with van der Waals surface area (Å²) in [6.07, 6.45) is -1.77. The molecule has 0 spiro atoms. The normalized spacial score (nSPS) is 15.3. The topological polar surface area (TPSA) is 42.9 Å². The zero-order valence-electron chi connectivity index (χ0n) is 14.2. The van der Waals surface area contributed by atoms with Crippen molar-refractivity contribution < 1.29 is 17.4 Å². The molecule has 3 rings (SSSR count). The Hall–Kier alpha value is -1.23. The van der Waals surface area contributed by atoms with Gasteiger partial charge in [-0.05, 0) is 56.1 Å². The van der Waals surface area contributed by atoms with Crippen LogP contribution in [0.15, 0.2) is 39.6 Å². The van der Waals surface area contributed by atoms with Crippen molar-refractivity contribution in [1.29, 1.82) is 0 Å². The average Bonchev–Trinajstić information content (AvgIpc) is 3.22. The van der Waals surface area contributed by atoms with Gasteiger partial charge in [0.25, 0.3) is 0 Å². The van der Waals surface area contributed by atoms with E-state index in [9.17, 15) is 17.4 Å². The summed E-state index contributed by atoms with van der Waals surface area (Å²) in [6.45, 7) is 1.72. The first-order valence-corrected chi connectivity index (χ1v) is 12.2. The Morgan fingerprint density at radius 3 is 2.56 bits per heavy atom. The smallest absolute Gasteiger partial charge is 0.267 e. The molecule has 0 amide bonds. The number of pyridine rings is 1. The summed E-state index contributed by atoms with van der Waals surface area (Å²) in [5.74, 6) is 0. The number of hydrogen-bond donors (Lipinski definition) is 0. The van der Waals surface area contributed by atoms with Gasteiger partial charge in [0.1, 0.15) is 10.7 Å². The lowest BCUT2D eigenvalue weighted by Gasteiger charge is -2.15. The zero-order chi connectivity index (χ0) is 19.8. The van der Waals surface area contributed by atoms with E-state index in [0.717, 1.165) is 26.6 Å². The van der Waals surface area contributed by atoms with Crippen molar-refractivity contribution in [2.45, 2.75) is 18.3 Å². The fraction of sp³-hybridized carbons (Fsp3) is 0.235. The lowest BCUT2D eigenvalue weighted by molar-refractivity contribution is -0.141. The highest BCUT2D eigenvalue weighted by Crippen LogP contribution is 2.32. The Balaban J connectivity index is 1.87. The van der Waals surface area contributed by atoms with Gasteiger partial charge in [-0.3, -0.25) is 9.19 Å². The molecule has 3 heterocycles. The Morgan fingerprint density at radius 2 is 2.00 bits per heavy atom. The number of alkyl halides is 3. The molecule has 0 N–H and O–H groups in total. The molecule has 2 atom stereocenters. The minimum absolute atomic E-state index is 0.490. The third kappa shape index (κ3) is 4.79. The average molecular weight is 495 g/mol. The number of thiophene rings is 1. The van der Waals surface area contributed by atoms with E-state index in [1.165, 1.54) is 17.4 Å². The van der Waals surface area contributed by atoms with Gasteiger partial charge in [0, 0.05) is 23.2 Å². The summed E-state index contributed by atoms with van der Waals surface area (Å²) in [7, 11) is -2.53. The Morgan fingerprint density at radius 1 is 1.26 bits per heavy atom. The minimum atomic E-state index is -4.49. The number of rotatable bonds is 4. The summed E-state index contributed by atoms with van der Waals surface area (Å²) < 4.78 is 52.1. The van der Waals surface area contributed by atoms with Gasteiger partial charge in [0.15, 0.2) is 0 Å². The standard InChI is InChI=1S/C17H14BrF3N2OS3/c1-10(11-3-5-14(22-7-11)17(19,20)21)27(2,24)9-16-23-12(8-25-16)13-4-6-15(18)26-13/h3-10H,1-2H3. The first-order chi connectivity index (χ1) is 12.6. The highest BCUT2D eigenvalue weighted by atomic mass is 79.9. The molecule has 0 aliphatic rings. The van der Waals surface area contributed by atoms with Crippen LogP contribution >= 0.6 is 38.6 Å². The van der Waals surface area contributed by atoms with Crippen LogP contribution in [0, 0.1) is 0 Å². The second-order valence-electron chi connectivity index (χ2n) is 5.88. The van der Waals surface area contributed by atoms with Gasteiger partial charge in [-0.15, -0.1) is 22.7 Å². The van der Waals surface area contributed by atoms with Crippen LogP contribution in [0.4, 0.5) is 13.2 Å². The molecule has 3 nitrogen and oxygen atoms in total. The molecule has 0 aliphatic heterocycles. The third-order valence-electron chi connectivity index (χ3n) is 3.93. The molecule has 0 aliphatic carbocycles. The predicted molar refractivity (Wildman–Crippen MR) is 110 cm³/mol. The van der Waals surface area contributed by atoms with Gasteiger partial charge in [0.05, 0.1) is 19.6 Å². The summed E-state index contributed by atoms with van der Waals surface area (Å²) in [4.78, 5) is 8.97. The molecular weight excluding hydrogens is 481 g/mol. The van der Waals surface area contributed by atoms with Crippen molar-refractivity contribution in [2.24, 2.45) is 0 Å². The molecule has 10 heteroatoms. The second kappa shape index (κ2) is 7.65. The van der Waals surface area contributed by atoms with Gasteiger partial charge in [-0.2, -0.15) is 13.2 Å². The van der Waals surface area contributed by atoms with Crippen LogP contribution in [0.3, 0.4) is 0 Å². The van der Waals surface area contributed by atoms with Crippen LogP contribution in [-0.2, 0) is 15.7 Å². The molecule has 0 fully saturated rings. The highest BCUT2D eigenvalue weighted by molar-refractivity contribution is 9.11. The maximum atomic E-state index is 13.1. The SMILES string of the molecule is CC(c1ccc(C(F)(F)F)nc1)S(C)(=O)=Cc1nc(-c2ccc(Br)s2)cs1. The largest absolute Gasteiger partial charge is 0.433 e. The zero-order valence-corrected chi connectivity index (χ0v) is 18.2. The van der Waals surface area contributed by atoms with Gasteiger partial charge in [0.2, 0.25) is 0 Å². The van der Waals surface area contributed by atoms with Crippen LogP contribution in [0.2, 0.25) is 0 Å². The number of halogens is 4. The van der Waals surface area contributed by atoms with Crippen molar-refractivity contribution in [3.63, 3.8) is 0 Å². The van der Waals surface area contributed by atoms with Crippen molar-refractivity contribution in [1.82, 2.24) is 9.97 Å². The van der Waals surface area contributed by atoms with Crippen molar-refractivity contribution in [3.8, 4) is 10.6 Å². The lowest BCUT2D eigenvalue weighted by atomic mass is 10.2. The first-order valence-electron chi connectivity index (χ1n) is 7.63. The maximum Gasteiger partial charge on any atom is 0.433 e. The van der Waals surface area contributed by atoms with Crippen LogP contribution < -0.4 is 0 Å². The minimum Gasteiger partial charge on any atom is -0.267 e. The summed E-state index contributed by atoms with van der Waals surface area (Å²) >= 11 is 6.35. The number of aromatic nitrogens is 2. The summed E-state index contributed by atoms with van der Waals surface area (Å²) in [5.41, 5.74) is 0.337. The van der Waals surface area contributed by atoms with E-state index in [1.807, 2.05) is 17.5 Å². The second-order valence-corrected chi connectivity index (χ2v) is 12.1. The van der Waals surface area contributed by atoms with Gasteiger partial charge >= 0.3 is 6.18 Å². The van der Waals surface area contributed by atoms with E-state index < -0.39 is 26.6 Å². The van der Waals surface area contributed by atoms with Crippen LogP contribution in [0.5, 0.6) is 0 Å². The number of thiazole rings is 1. The monoisotopic (exact) mass is 494 g/mol. The highest BCUT2D eigenvalue weighted by Gasteiger charge is 2.32. The third-order valence-corrected chi connectivity index (χ3v) is 8.89. The van der Waals surface area contributed by atoms with Gasteiger partial charge in [-0.25, -0.2) is 4.98 Å². The molecule has 0 saturated heterocycles. The molecule has 0 saturated carbocycles. The molecule has 0 radical (unpaired) electrons. The predicted octanol–water partition coefficient (Wildman–Crippen LogP) is 5.87. The van der Waals surface area contributed by atoms with E-state index in [-0.39, 0.29) is 0 Å². The number of nitrogens with zero attached hydrogens (tertiary/aromatic N) is 2. The fourth-order valence-corrected chi connectivity index (χ4v) is 6.41. The van der Waals surface area contributed by atoms with Gasteiger partial charge < -0.3 is 0 Å². The van der Waals surface area contributed by atoms with Gasteiger partial charge in [-0.1, -0.05) is 6.07 Å². The van der Waals surface area contributed by atoms with E-state index in [1.54, 1.807) is 29.9 Å². The van der Waals surface area contributed by atoms with E-state index in [0.29, 0.717) is 10.6 Å². The van der Waals surface area contributed by atoms with E-state index in [2.05, 4.69) is 25.9 Å².